The van der Waals surface area contributed by atoms with E-state index in [1.54, 1.807) is 0 Å². The Balaban J connectivity index is 2.63. The van der Waals surface area contributed by atoms with E-state index in [1.165, 1.54) is 6.08 Å². The SMILES string of the molecule is C=CCOC(=O)NC(C(=O)O)c1nn[nH]n1. The molecule has 0 bridgehead atoms. The molecule has 0 fully saturated rings. The largest absolute Gasteiger partial charge is 0.479 e. The van der Waals surface area contributed by atoms with Gasteiger partial charge in [-0.2, -0.15) is 5.21 Å². The number of ether oxygens (including phenoxy) is 1. The molecule has 1 aromatic heterocycles. The van der Waals surface area contributed by atoms with Gasteiger partial charge in [-0.25, -0.2) is 9.59 Å². The van der Waals surface area contributed by atoms with Crippen molar-refractivity contribution in [3.63, 3.8) is 0 Å². The Labute approximate surface area is 89.5 Å². The lowest BCUT2D eigenvalue weighted by Crippen LogP contribution is -2.35. The molecule has 0 saturated heterocycles. The first kappa shape index (κ1) is 11.6. The number of rotatable bonds is 5. The van der Waals surface area contributed by atoms with Crippen molar-refractivity contribution in [2.45, 2.75) is 6.04 Å². The highest BCUT2D eigenvalue weighted by Crippen LogP contribution is 2.05. The minimum absolute atomic E-state index is 0.0234. The lowest BCUT2D eigenvalue weighted by Gasteiger charge is -2.09. The average Bonchev–Trinajstić information content (AvgIpc) is 2.75. The number of nitrogens with one attached hydrogen (secondary N) is 2. The molecule has 0 aliphatic rings. The molecule has 0 aliphatic carbocycles. The summed E-state index contributed by atoms with van der Waals surface area (Å²) in [5.41, 5.74) is 0. The fourth-order valence-corrected chi connectivity index (χ4v) is 0.823. The molecule has 0 spiro atoms. The van der Waals surface area contributed by atoms with Crippen molar-refractivity contribution >= 4 is 12.1 Å². The van der Waals surface area contributed by atoms with E-state index in [0.29, 0.717) is 0 Å². The highest BCUT2D eigenvalue weighted by Gasteiger charge is 2.26. The Morgan fingerprint density at radius 1 is 1.69 bits per heavy atom. The van der Waals surface area contributed by atoms with Crippen LogP contribution in [-0.2, 0) is 9.53 Å². The Bertz CT molecular complexity index is 376. The van der Waals surface area contributed by atoms with E-state index in [-0.39, 0.29) is 12.4 Å². The molecule has 1 amide bonds. The van der Waals surface area contributed by atoms with Gasteiger partial charge in [-0.3, -0.25) is 0 Å². The number of carbonyl (C=O) groups excluding carboxylic acids is 1. The first-order valence-electron chi connectivity index (χ1n) is 4.15. The van der Waals surface area contributed by atoms with Crippen LogP contribution in [0.3, 0.4) is 0 Å². The molecule has 9 nitrogen and oxygen atoms in total. The third kappa shape index (κ3) is 3.04. The molecular formula is C7H9N5O4. The van der Waals surface area contributed by atoms with Crippen LogP contribution in [0.25, 0.3) is 0 Å². The molecule has 1 rings (SSSR count). The van der Waals surface area contributed by atoms with Crippen molar-refractivity contribution in [1.82, 2.24) is 25.9 Å². The molecule has 0 radical (unpaired) electrons. The molecule has 0 saturated carbocycles. The molecule has 1 atom stereocenters. The Hall–Kier alpha value is -2.45. The van der Waals surface area contributed by atoms with Gasteiger partial charge in [-0.15, -0.1) is 10.2 Å². The summed E-state index contributed by atoms with van der Waals surface area (Å²) in [6, 6.07) is -1.41. The number of H-pyrrole nitrogens is 1. The monoisotopic (exact) mass is 227 g/mol. The van der Waals surface area contributed by atoms with Gasteiger partial charge in [-0.05, 0) is 0 Å². The first-order valence-corrected chi connectivity index (χ1v) is 4.15. The zero-order valence-corrected chi connectivity index (χ0v) is 8.08. The summed E-state index contributed by atoms with van der Waals surface area (Å²) in [5, 5.41) is 23.0. The number of aromatic amines is 1. The van der Waals surface area contributed by atoms with Crippen LogP contribution in [0.1, 0.15) is 11.9 Å². The molecule has 1 heterocycles. The minimum Gasteiger partial charge on any atom is -0.479 e. The maximum absolute atomic E-state index is 11.1. The van der Waals surface area contributed by atoms with Crippen molar-refractivity contribution < 1.29 is 19.4 Å². The van der Waals surface area contributed by atoms with Gasteiger partial charge in [-0.1, -0.05) is 17.9 Å². The quantitative estimate of drug-likeness (QED) is 0.563. The molecule has 9 heteroatoms. The Kier molecular flexibility index (Phi) is 3.95. The lowest BCUT2D eigenvalue weighted by atomic mass is 10.3. The van der Waals surface area contributed by atoms with Crippen molar-refractivity contribution in [3.8, 4) is 0 Å². The van der Waals surface area contributed by atoms with Gasteiger partial charge >= 0.3 is 12.1 Å². The topological polar surface area (TPSA) is 130 Å². The van der Waals surface area contributed by atoms with Gasteiger partial charge in [0, 0.05) is 0 Å². The van der Waals surface area contributed by atoms with Gasteiger partial charge in [0.2, 0.25) is 5.82 Å². The molecule has 3 N–H and O–H groups in total. The summed E-state index contributed by atoms with van der Waals surface area (Å²) in [6.07, 6.45) is 0.445. The van der Waals surface area contributed by atoms with Crippen LogP contribution in [0.5, 0.6) is 0 Å². The van der Waals surface area contributed by atoms with Crippen LogP contribution in [0.4, 0.5) is 4.79 Å². The maximum Gasteiger partial charge on any atom is 0.408 e. The van der Waals surface area contributed by atoms with E-state index >= 15 is 0 Å². The van der Waals surface area contributed by atoms with E-state index < -0.39 is 18.1 Å². The van der Waals surface area contributed by atoms with Crippen LogP contribution in [0.2, 0.25) is 0 Å². The zero-order chi connectivity index (χ0) is 12.0. The van der Waals surface area contributed by atoms with Crippen LogP contribution in [-0.4, -0.2) is 44.4 Å². The third-order valence-corrected chi connectivity index (χ3v) is 1.46. The van der Waals surface area contributed by atoms with E-state index in [4.69, 9.17) is 5.11 Å². The smallest absolute Gasteiger partial charge is 0.408 e. The summed E-state index contributed by atoms with van der Waals surface area (Å²) in [7, 11) is 0. The van der Waals surface area contributed by atoms with Gasteiger partial charge < -0.3 is 15.2 Å². The van der Waals surface area contributed by atoms with Crippen molar-refractivity contribution in [1.29, 1.82) is 0 Å². The number of hydrogen-bond donors (Lipinski definition) is 3. The highest BCUT2D eigenvalue weighted by molar-refractivity contribution is 5.80. The number of hydrogen-bond acceptors (Lipinski definition) is 6. The number of carboxylic acids is 1. The maximum atomic E-state index is 11.1. The van der Waals surface area contributed by atoms with E-state index in [2.05, 4.69) is 37.3 Å². The normalized spacial score (nSPS) is 11.5. The van der Waals surface area contributed by atoms with E-state index in [0.717, 1.165) is 0 Å². The number of aliphatic carboxylic acids is 1. The summed E-state index contributed by atoms with van der Waals surface area (Å²) >= 11 is 0. The van der Waals surface area contributed by atoms with E-state index in [1.807, 2.05) is 0 Å². The summed E-state index contributed by atoms with van der Waals surface area (Å²) in [5.74, 6) is -1.49. The molecule has 0 aromatic carbocycles. The second kappa shape index (κ2) is 5.44. The molecule has 86 valence electrons. The molecular weight excluding hydrogens is 218 g/mol. The molecule has 1 aromatic rings. The van der Waals surface area contributed by atoms with Gasteiger partial charge in [0.1, 0.15) is 6.61 Å². The number of amides is 1. The number of carboxylic acid groups (broad SMARTS) is 1. The second-order valence-electron chi connectivity index (χ2n) is 2.57. The predicted octanol–water partition coefficient (Wildman–Crippen LogP) is -0.762. The third-order valence-electron chi connectivity index (χ3n) is 1.46. The molecule has 1 unspecified atom stereocenters. The van der Waals surface area contributed by atoms with Gasteiger partial charge in [0.25, 0.3) is 0 Å². The van der Waals surface area contributed by atoms with Crippen LogP contribution < -0.4 is 5.32 Å². The summed E-state index contributed by atoms with van der Waals surface area (Å²) < 4.78 is 4.55. The predicted molar refractivity (Wildman–Crippen MR) is 49.2 cm³/mol. The molecule has 0 aliphatic heterocycles. The van der Waals surface area contributed by atoms with Crippen LogP contribution in [0.15, 0.2) is 12.7 Å². The Morgan fingerprint density at radius 3 is 2.94 bits per heavy atom. The zero-order valence-electron chi connectivity index (χ0n) is 8.08. The Morgan fingerprint density at radius 2 is 2.44 bits per heavy atom. The van der Waals surface area contributed by atoms with E-state index in [9.17, 15) is 9.59 Å². The number of carbonyl (C=O) groups is 2. The van der Waals surface area contributed by atoms with Gasteiger partial charge in [0.15, 0.2) is 6.04 Å². The summed E-state index contributed by atoms with van der Waals surface area (Å²) in [4.78, 5) is 21.9. The number of nitrogens with zero attached hydrogens (tertiary/aromatic N) is 3. The second-order valence-corrected chi connectivity index (χ2v) is 2.57. The number of alkyl carbamates (subject to hydrolysis) is 1. The van der Waals surface area contributed by atoms with Crippen molar-refractivity contribution in [2.24, 2.45) is 0 Å². The average molecular weight is 227 g/mol. The molecule has 16 heavy (non-hydrogen) atoms. The fraction of sp³-hybridized carbons (Fsp3) is 0.286. The number of tetrazole rings is 1. The minimum atomic E-state index is -1.41. The first-order chi connectivity index (χ1) is 7.65. The van der Waals surface area contributed by atoms with Gasteiger partial charge in [0.05, 0.1) is 0 Å². The number of aromatic nitrogens is 4. The van der Waals surface area contributed by atoms with Crippen molar-refractivity contribution in [2.75, 3.05) is 6.61 Å². The standard InChI is InChI=1S/C7H9N5O4/c1-2-3-16-7(15)8-4(6(13)14)5-9-11-12-10-5/h2,4H,1,3H2,(H,8,15)(H,13,14)(H,9,10,11,12). The van der Waals surface area contributed by atoms with Crippen molar-refractivity contribution in [3.05, 3.63) is 18.5 Å². The summed E-state index contributed by atoms with van der Waals surface area (Å²) in [6.45, 7) is 3.31. The lowest BCUT2D eigenvalue weighted by molar-refractivity contribution is -0.139. The van der Waals surface area contributed by atoms with Crippen LogP contribution in [0, 0.1) is 0 Å². The fourth-order valence-electron chi connectivity index (χ4n) is 0.823. The highest BCUT2D eigenvalue weighted by atomic mass is 16.5. The van der Waals surface area contributed by atoms with Crippen LogP contribution >= 0.6 is 0 Å².